The molecule has 0 aliphatic carbocycles. The van der Waals surface area contributed by atoms with Crippen LogP contribution in [0.1, 0.15) is 31.7 Å². The molecule has 0 aliphatic rings. The van der Waals surface area contributed by atoms with E-state index >= 15 is 0 Å². The lowest BCUT2D eigenvalue weighted by molar-refractivity contribution is 0.542. The highest BCUT2D eigenvalue weighted by molar-refractivity contribution is 5.65. The standard InChI is InChI=1S/C16H23N/c1-4-9-15(12-13-17-5-2)14(3)16-10-7-6-8-11-16/h5-8,10-11,15,17H,2-4,9,12-13H2,1H3. The van der Waals surface area contributed by atoms with Crippen molar-refractivity contribution < 1.29 is 0 Å². The van der Waals surface area contributed by atoms with Crippen LogP contribution in [0.15, 0.2) is 49.7 Å². The van der Waals surface area contributed by atoms with E-state index in [-0.39, 0.29) is 0 Å². The average Bonchev–Trinajstić information content (AvgIpc) is 2.38. The molecule has 0 saturated carbocycles. The highest BCUT2D eigenvalue weighted by atomic mass is 14.8. The molecule has 0 amide bonds. The summed E-state index contributed by atoms with van der Waals surface area (Å²) >= 11 is 0. The third kappa shape index (κ3) is 4.48. The van der Waals surface area contributed by atoms with Crippen molar-refractivity contribution in [3.05, 3.63) is 55.3 Å². The molecule has 0 radical (unpaired) electrons. The molecule has 0 heterocycles. The molecule has 0 fully saturated rings. The highest BCUT2D eigenvalue weighted by Crippen LogP contribution is 2.27. The number of nitrogens with one attached hydrogen (secondary N) is 1. The Bertz CT molecular complexity index is 340. The van der Waals surface area contributed by atoms with Crippen LogP contribution in [0.2, 0.25) is 0 Å². The van der Waals surface area contributed by atoms with Crippen LogP contribution in [-0.2, 0) is 0 Å². The summed E-state index contributed by atoms with van der Waals surface area (Å²) in [6, 6.07) is 10.5. The molecule has 1 rings (SSSR count). The molecule has 1 aromatic carbocycles. The maximum Gasteiger partial charge on any atom is 0.0147 e. The Morgan fingerprint density at radius 3 is 2.59 bits per heavy atom. The van der Waals surface area contributed by atoms with Crippen molar-refractivity contribution in [3.8, 4) is 0 Å². The lowest BCUT2D eigenvalue weighted by Crippen LogP contribution is -2.13. The summed E-state index contributed by atoms with van der Waals surface area (Å²) in [6.07, 6.45) is 5.28. The second-order valence-electron chi connectivity index (χ2n) is 4.32. The number of allylic oxidation sites excluding steroid dienone is 1. The fourth-order valence-corrected chi connectivity index (χ4v) is 2.09. The number of hydrogen-bond donors (Lipinski definition) is 1. The minimum atomic E-state index is 0.565. The summed E-state index contributed by atoms with van der Waals surface area (Å²) in [4.78, 5) is 0. The predicted molar refractivity (Wildman–Crippen MR) is 76.7 cm³/mol. The van der Waals surface area contributed by atoms with Crippen LogP contribution in [0.5, 0.6) is 0 Å². The van der Waals surface area contributed by atoms with E-state index in [2.05, 4.69) is 49.7 Å². The first-order valence-electron chi connectivity index (χ1n) is 6.38. The van der Waals surface area contributed by atoms with Gasteiger partial charge in [-0.25, -0.2) is 0 Å². The smallest absolute Gasteiger partial charge is 0.0147 e. The van der Waals surface area contributed by atoms with Gasteiger partial charge < -0.3 is 5.32 Å². The van der Waals surface area contributed by atoms with Crippen molar-refractivity contribution in [2.45, 2.75) is 26.2 Å². The molecule has 1 atom stereocenters. The molecule has 0 aromatic heterocycles. The molecule has 1 nitrogen and oxygen atoms in total. The van der Waals surface area contributed by atoms with Crippen molar-refractivity contribution in [1.29, 1.82) is 0 Å². The maximum atomic E-state index is 4.27. The molecule has 17 heavy (non-hydrogen) atoms. The molecule has 92 valence electrons. The van der Waals surface area contributed by atoms with Gasteiger partial charge in [-0.05, 0) is 36.1 Å². The monoisotopic (exact) mass is 229 g/mol. The molecule has 1 heteroatoms. The minimum absolute atomic E-state index is 0.565. The Hall–Kier alpha value is -1.50. The van der Waals surface area contributed by atoms with Gasteiger partial charge in [-0.1, -0.05) is 56.8 Å². The van der Waals surface area contributed by atoms with E-state index in [9.17, 15) is 0 Å². The second kappa shape index (κ2) is 7.72. The van der Waals surface area contributed by atoms with Crippen LogP contribution in [0.3, 0.4) is 0 Å². The van der Waals surface area contributed by atoms with E-state index in [1.54, 1.807) is 6.20 Å². The summed E-state index contributed by atoms with van der Waals surface area (Å²) in [5, 5.41) is 3.17. The Kier molecular flexibility index (Phi) is 6.16. The first-order chi connectivity index (χ1) is 8.29. The third-order valence-electron chi connectivity index (χ3n) is 3.06. The van der Waals surface area contributed by atoms with Crippen LogP contribution in [0, 0.1) is 5.92 Å². The van der Waals surface area contributed by atoms with Gasteiger partial charge in [0.2, 0.25) is 0 Å². The zero-order valence-electron chi connectivity index (χ0n) is 10.8. The summed E-state index contributed by atoms with van der Waals surface area (Å²) in [6.45, 7) is 11.1. The van der Waals surface area contributed by atoms with Gasteiger partial charge in [0.15, 0.2) is 0 Å². The SMILES string of the molecule is C=CNCCC(CCC)C(=C)c1ccccc1. The Morgan fingerprint density at radius 2 is 2.00 bits per heavy atom. The van der Waals surface area contributed by atoms with Gasteiger partial charge in [0, 0.05) is 6.54 Å². The summed E-state index contributed by atoms with van der Waals surface area (Å²) < 4.78 is 0. The van der Waals surface area contributed by atoms with Crippen LogP contribution >= 0.6 is 0 Å². The topological polar surface area (TPSA) is 12.0 Å². The molecule has 0 saturated heterocycles. The van der Waals surface area contributed by atoms with Gasteiger partial charge >= 0.3 is 0 Å². The van der Waals surface area contributed by atoms with Gasteiger partial charge in [0.25, 0.3) is 0 Å². The van der Waals surface area contributed by atoms with Gasteiger partial charge in [0.05, 0.1) is 0 Å². The summed E-state index contributed by atoms with van der Waals surface area (Å²) in [7, 11) is 0. The molecular formula is C16H23N. The van der Waals surface area contributed by atoms with Crippen molar-refractivity contribution in [2.24, 2.45) is 5.92 Å². The predicted octanol–water partition coefficient (Wildman–Crippen LogP) is 4.24. The van der Waals surface area contributed by atoms with Crippen molar-refractivity contribution in [2.75, 3.05) is 6.54 Å². The third-order valence-corrected chi connectivity index (χ3v) is 3.06. The van der Waals surface area contributed by atoms with Gasteiger partial charge in [0.1, 0.15) is 0 Å². The van der Waals surface area contributed by atoms with Crippen molar-refractivity contribution >= 4 is 5.57 Å². The van der Waals surface area contributed by atoms with E-state index < -0.39 is 0 Å². The lowest BCUT2D eigenvalue weighted by Gasteiger charge is -2.19. The first-order valence-corrected chi connectivity index (χ1v) is 6.38. The second-order valence-corrected chi connectivity index (χ2v) is 4.32. The quantitative estimate of drug-likeness (QED) is 0.657. The number of benzene rings is 1. The van der Waals surface area contributed by atoms with Crippen LogP contribution in [0.4, 0.5) is 0 Å². The normalized spacial score (nSPS) is 11.8. The summed E-state index contributed by atoms with van der Waals surface area (Å²) in [5.41, 5.74) is 2.53. The fraction of sp³-hybridized carbons (Fsp3) is 0.375. The highest BCUT2D eigenvalue weighted by Gasteiger charge is 2.12. The van der Waals surface area contributed by atoms with E-state index in [4.69, 9.17) is 0 Å². The zero-order valence-corrected chi connectivity index (χ0v) is 10.8. The molecule has 0 spiro atoms. The van der Waals surface area contributed by atoms with Crippen LogP contribution in [0.25, 0.3) is 5.57 Å². The van der Waals surface area contributed by atoms with E-state index in [0.717, 1.165) is 13.0 Å². The Balaban J connectivity index is 2.63. The minimum Gasteiger partial charge on any atom is -0.391 e. The van der Waals surface area contributed by atoms with Gasteiger partial charge in [-0.2, -0.15) is 0 Å². The Morgan fingerprint density at radius 1 is 1.29 bits per heavy atom. The zero-order chi connectivity index (χ0) is 12.5. The number of hydrogen-bond acceptors (Lipinski definition) is 1. The molecule has 1 aromatic rings. The number of rotatable bonds is 8. The molecule has 1 unspecified atom stereocenters. The molecule has 0 aliphatic heterocycles. The molecule has 0 bridgehead atoms. The summed E-state index contributed by atoms with van der Waals surface area (Å²) in [5.74, 6) is 0.565. The van der Waals surface area contributed by atoms with Gasteiger partial charge in [-0.15, -0.1) is 0 Å². The van der Waals surface area contributed by atoms with E-state index in [0.29, 0.717) is 5.92 Å². The van der Waals surface area contributed by atoms with Gasteiger partial charge in [-0.3, -0.25) is 0 Å². The molecule has 1 N–H and O–H groups in total. The first kappa shape index (κ1) is 13.6. The van der Waals surface area contributed by atoms with E-state index in [1.807, 2.05) is 6.07 Å². The molecular weight excluding hydrogens is 206 g/mol. The average molecular weight is 229 g/mol. The lowest BCUT2D eigenvalue weighted by atomic mass is 9.88. The van der Waals surface area contributed by atoms with Crippen molar-refractivity contribution in [3.63, 3.8) is 0 Å². The van der Waals surface area contributed by atoms with Crippen LogP contribution < -0.4 is 5.32 Å². The van der Waals surface area contributed by atoms with E-state index in [1.165, 1.54) is 24.0 Å². The Labute approximate surface area is 105 Å². The fourth-order valence-electron chi connectivity index (χ4n) is 2.09. The van der Waals surface area contributed by atoms with Crippen LogP contribution in [-0.4, -0.2) is 6.54 Å². The maximum absolute atomic E-state index is 4.27. The van der Waals surface area contributed by atoms with Crippen molar-refractivity contribution in [1.82, 2.24) is 5.32 Å². The largest absolute Gasteiger partial charge is 0.391 e.